The highest BCUT2D eigenvalue weighted by molar-refractivity contribution is 5.80. The van der Waals surface area contributed by atoms with Gasteiger partial charge in [0.15, 0.2) is 0 Å². The molecule has 168 valence electrons. The van der Waals surface area contributed by atoms with Gasteiger partial charge in [-0.3, -0.25) is 4.79 Å². The minimum atomic E-state index is -0.566. The molecule has 0 radical (unpaired) electrons. The van der Waals surface area contributed by atoms with Gasteiger partial charge in [0, 0.05) is 32.5 Å². The molecule has 2 heterocycles. The molecular weight excluding hydrogens is 396 g/mol. The number of hydrogen-bond donors (Lipinski definition) is 1. The van der Waals surface area contributed by atoms with Crippen molar-refractivity contribution in [3.63, 3.8) is 0 Å². The number of piperidine rings is 1. The van der Waals surface area contributed by atoms with Crippen LogP contribution in [0.1, 0.15) is 51.0 Å². The minimum absolute atomic E-state index is 0.0999. The van der Waals surface area contributed by atoms with E-state index < -0.39 is 11.6 Å². The summed E-state index contributed by atoms with van der Waals surface area (Å²) in [5, 5.41) is 3.15. The summed E-state index contributed by atoms with van der Waals surface area (Å²) < 4.78 is 12.6. The van der Waals surface area contributed by atoms with Crippen molar-refractivity contribution in [2.24, 2.45) is 13.0 Å². The van der Waals surface area contributed by atoms with Crippen molar-refractivity contribution in [3.05, 3.63) is 48.0 Å². The maximum absolute atomic E-state index is 13.2. The molecule has 2 atom stereocenters. The molecule has 1 aromatic carbocycles. The summed E-state index contributed by atoms with van der Waals surface area (Å²) in [6, 6.07) is 7.17. The number of ether oxygens (including phenoxy) is 2. The normalized spacial score (nSPS) is 17.7. The van der Waals surface area contributed by atoms with Gasteiger partial charge in [-0.15, -0.1) is 0 Å². The standard InChI is InChI=1S/C23H32N4O4/c1-23(2,3)31-22(29)27-13-6-7-17(15-27)21(28)25-19(20-24-12-14-26(20)4)16-8-10-18(30-5)11-9-16/h8-12,14,17,19H,6-7,13,15H2,1-5H3,(H,25,28)/t17-,19-/m0/s1. The summed E-state index contributed by atoms with van der Waals surface area (Å²) in [4.78, 5) is 31.8. The molecule has 2 aromatic rings. The van der Waals surface area contributed by atoms with Gasteiger partial charge in [0.05, 0.1) is 13.0 Å². The number of aromatic nitrogens is 2. The van der Waals surface area contributed by atoms with Crippen LogP contribution < -0.4 is 10.1 Å². The van der Waals surface area contributed by atoms with Crippen LogP contribution in [0.4, 0.5) is 4.79 Å². The van der Waals surface area contributed by atoms with Crippen LogP contribution in [0.2, 0.25) is 0 Å². The van der Waals surface area contributed by atoms with Gasteiger partial charge in [0.25, 0.3) is 0 Å². The number of amides is 2. The summed E-state index contributed by atoms with van der Waals surface area (Å²) >= 11 is 0. The van der Waals surface area contributed by atoms with Gasteiger partial charge in [0.2, 0.25) is 5.91 Å². The van der Waals surface area contributed by atoms with E-state index in [4.69, 9.17) is 9.47 Å². The Morgan fingerprint density at radius 3 is 2.52 bits per heavy atom. The first-order valence-corrected chi connectivity index (χ1v) is 10.6. The number of methoxy groups -OCH3 is 1. The van der Waals surface area contributed by atoms with Crippen LogP contribution in [-0.2, 0) is 16.6 Å². The van der Waals surface area contributed by atoms with E-state index in [9.17, 15) is 9.59 Å². The zero-order valence-corrected chi connectivity index (χ0v) is 18.9. The fraction of sp³-hybridized carbons (Fsp3) is 0.522. The number of hydrogen-bond acceptors (Lipinski definition) is 5. The number of nitrogens with one attached hydrogen (secondary N) is 1. The Kier molecular flexibility index (Phi) is 6.87. The van der Waals surface area contributed by atoms with Crippen molar-refractivity contribution in [1.29, 1.82) is 0 Å². The summed E-state index contributed by atoms with van der Waals surface area (Å²) in [5.74, 6) is 1.08. The fourth-order valence-electron chi connectivity index (χ4n) is 3.69. The molecular formula is C23H32N4O4. The van der Waals surface area contributed by atoms with E-state index in [1.165, 1.54) is 0 Å². The monoisotopic (exact) mass is 428 g/mol. The minimum Gasteiger partial charge on any atom is -0.497 e. The van der Waals surface area contributed by atoms with E-state index in [0.717, 1.165) is 30.0 Å². The highest BCUT2D eigenvalue weighted by Crippen LogP contribution is 2.25. The first-order chi connectivity index (χ1) is 14.7. The fourth-order valence-corrected chi connectivity index (χ4v) is 3.69. The number of benzene rings is 1. The molecule has 3 rings (SSSR count). The summed E-state index contributed by atoms with van der Waals surface area (Å²) in [6.07, 6.45) is 4.67. The average molecular weight is 429 g/mol. The topological polar surface area (TPSA) is 85.7 Å². The van der Waals surface area contributed by atoms with Crippen molar-refractivity contribution in [3.8, 4) is 5.75 Å². The van der Waals surface area contributed by atoms with Crippen LogP contribution in [0.15, 0.2) is 36.7 Å². The molecule has 0 unspecified atom stereocenters. The van der Waals surface area contributed by atoms with E-state index >= 15 is 0 Å². The SMILES string of the molecule is COc1ccc([C@H](NC(=O)[C@H]2CCCN(C(=O)OC(C)(C)C)C2)c2nccn2C)cc1. The van der Waals surface area contributed by atoms with Crippen LogP contribution in [0.3, 0.4) is 0 Å². The van der Waals surface area contributed by atoms with Gasteiger partial charge >= 0.3 is 6.09 Å². The molecule has 1 aromatic heterocycles. The highest BCUT2D eigenvalue weighted by atomic mass is 16.6. The van der Waals surface area contributed by atoms with Gasteiger partial charge in [-0.25, -0.2) is 9.78 Å². The Balaban J connectivity index is 1.75. The zero-order valence-electron chi connectivity index (χ0n) is 18.9. The highest BCUT2D eigenvalue weighted by Gasteiger charge is 2.32. The van der Waals surface area contributed by atoms with Crippen LogP contribution in [0.5, 0.6) is 5.75 Å². The number of carbonyl (C=O) groups excluding carboxylic acids is 2. The summed E-state index contributed by atoms with van der Waals surface area (Å²) in [7, 11) is 3.52. The summed E-state index contributed by atoms with van der Waals surface area (Å²) in [6.45, 7) is 6.46. The van der Waals surface area contributed by atoms with E-state index in [0.29, 0.717) is 13.1 Å². The molecule has 0 saturated carbocycles. The van der Waals surface area contributed by atoms with Crippen molar-refractivity contribution in [2.45, 2.75) is 45.3 Å². The van der Waals surface area contributed by atoms with Crippen molar-refractivity contribution < 1.29 is 19.1 Å². The third kappa shape index (κ3) is 5.77. The molecule has 31 heavy (non-hydrogen) atoms. The Morgan fingerprint density at radius 2 is 1.94 bits per heavy atom. The molecule has 1 aliphatic heterocycles. The molecule has 0 aliphatic carbocycles. The maximum atomic E-state index is 13.2. The second-order valence-corrected chi connectivity index (χ2v) is 8.88. The lowest BCUT2D eigenvalue weighted by atomic mass is 9.96. The van der Waals surface area contributed by atoms with Crippen LogP contribution in [0.25, 0.3) is 0 Å². The maximum Gasteiger partial charge on any atom is 0.410 e. The lowest BCUT2D eigenvalue weighted by Gasteiger charge is -2.34. The molecule has 1 fully saturated rings. The number of nitrogens with zero attached hydrogens (tertiary/aromatic N) is 3. The second-order valence-electron chi connectivity index (χ2n) is 8.88. The Hall–Kier alpha value is -3.03. The molecule has 1 aliphatic rings. The molecule has 1 N–H and O–H groups in total. The quantitative estimate of drug-likeness (QED) is 0.790. The molecule has 1 saturated heterocycles. The predicted molar refractivity (Wildman–Crippen MR) is 117 cm³/mol. The molecule has 0 bridgehead atoms. The van der Waals surface area contributed by atoms with Crippen molar-refractivity contribution >= 4 is 12.0 Å². The van der Waals surface area contributed by atoms with Crippen molar-refractivity contribution in [2.75, 3.05) is 20.2 Å². The number of imidazole rings is 1. The molecule has 2 amide bonds. The number of rotatable bonds is 5. The van der Waals surface area contributed by atoms with E-state index in [-0.39, 0.29) is 17.9 Å². The van der Waals surface area contributed by atoms with Crippen LogP contribution in [-0.4, -0.2) is 52.3 Å². The first kappa shape index (κ1) is 22.7. The predicted octanol–water partition coefficient (Wildman–Crippen LogP) is 3.28. The van der Waals surface area contributed by atoms with E-state index in [1.807, 2.05) is 62.8 Å². The largest absolute Gasteiger partial charge is 0.497 e. The van der Waals surface area contributed by atoms with E-state index in [2.05, 4.69) is 10.3 Å². The van der Waals surface area contributed by atoms with Crippen LogP contribution in [0, 0.1) is 5.92 Å². The van der Waals surface area contributed by atoms with Crippen molar-refractivity contribution in [1.82, 2.24) is 19.8 Å². The average Bonchev–Trinajstić information content (AvgIpc) is 3.16. The third-order valence-electron chi connectivity index (χ3n) is 5.30. The lowest BCUT2D eigenvalue weighted by Crippen LogP contribution is -2.47. The second kappa shape index (κ2) is 9.41. The Bertz CT molecular complexity index is 901. The van der Waals surface area contributed by atoms with Crippen LogP contribution >= 0.6 is 0 Å². The van der Waals surface area contributed by atoms with Gasteiger partial charge in [0.1, 0.15) is 23.2 Å². The molecule has 8 heteroatoms. The van der Waals surface area contributed by atoms with E-state index in [1.54, 1.807) is 18.2 Å². The number of carbonyl (C=O) groups is 2. The van der Waals surface area contributed by atoms with Gasteiger partial charge in [-0.2, -0.15) is 0 Å². The smallest absolute Gasteiger partial charge is 0.410 e. The lowest BCUT2D eigenvalue weighted by molar-refractivity contribution is -0.127. The van der Waals surface area contributed by atoms with Gasteiger partial charge < -0.3 is 24.3 Å². The Labute approximate surface area is 183 Å². The van der Waals surface area contributed by atoms with Gasteiger partial charge in [-0.05, 0) is 51.3 Å². The summed E-state index contributed by atoms with van der Waals surface area (Å²) in [5.41, 5.74) is 0.340. The molecule has 0 spiro atoms. The Morgan fingerprint density at radius 1 is 1.23 bits per heavy atom. The third-order valence-corrected chi connectivity index (χ3v) is 5.30. The molecule has 8 nitrogen and oxygen atoms in total. The number of likely N-dealkylation sites (tertiary alicyclic amines) is 1. The zero-order chi connectivity index (χ0) is 22.6. The first-order valence-electron chi connectivity index (χ1n) is 10.6. The van der Waals surface area contributed by atoms with Gasteiger partial charge in [-0.1, -0.05) is 12.1 Å². The number of aryl methyl sites for hydroxylation is 1.